The molecular formula is C13H15F2N3. The van der Waals surface area contributed by atoms with E-state index in [1.807, 2.05) is 4.57 Å². The first-order chi connectivity index (χ1) is 8.57. The molecule has 1 aromatic carbocycles. The van der Waals surface area contributed by atoms with Crippen LogP contribution in [0.4, 0.5) is 14.7 Å². The Labute approximate surface area is 104 Å². The standard InChI is InChI=1S/C13H15F2N3/c1-2-13(4-3-5-13)18-10-7-8(14)6-9(15)11(10)17-12(18)16/h6-7H,2-5H2,1H3,(H2,16,17). The number of imidazole rings is 1. The van der Waals surface area contributed by atoms with E-state index in [0.717, 1.165) is 31.7 Å². The summed E-state index contributed by atoms with van der Waals surface area (Å²) in [5, 5.41) is 0. The van der Waals surface area contributed by atoms with Crippen molar-refractivity contribution in [2.45, 2.75) is 38.1 Å². The smallest absolute Gasteiger partial charge is 0.201 e. The molecule has 0 radical (unpaired) electrons. The van der Waals surface area contributed by atoms with Crippen LogP contribution in [0.15, 0.2) is 12.1 Å². The largest absolute Gasteiger partial charge is 0.369 e. The number of nitrogen functional groups attached to an aromatic ring is 1. The second kappa shape index (κ2) is 3.67. The highest BCUT2D eigenvalue weighted by atomic mass is 19.1. The number of halogens is 2. The predicted octanol–water partition coefficient (Wildman–Crippen LogP) is 3.19. The molecule has 2 aromatic rings. The molecule has 0 aliphatic heterocycles. The molecule has 0 unspecified atom stereocenters. The number of nitrogens with zero attached hydrogens (tertiary/aromatic N) is 2. The minimum absolute atomic E-state index is 0.112. The second-order valence-electron chi connectivity index (χ2n) is 4.99. The van der Waals surface area contributed by atoms with Crippen LogP contribution in [-0.4, -0.2) is 9.55 Å². The van der Waals surface area contributed by atoms with Crippen LogP contribution in [0.5, 0.6) is 0 Å². The fourth-order valence-electron chi connectivity index (χ4n) is 2.94. The van der Waals surface area contributed by atoms with Gasteiger partial charge in [0, 0.05) is 17.7 Å². The number of hydrogen-bond donors (Lipinski definition) is 1. The van der Waals surface area contributed by atoms with Crippen LogP contribution < -0.4 is 5.73 Å². The van der Waals surface area contributed by atoms with E-state index in [1.54, 1.807) is 0 Å². The molecule has 1 aromatic heterocycles. The van der Waals surface area contributed by atoms with Gasteiger partial charge in [0.2, 0.25) is 5.95 Å². The summed E-state index contributed by atoms with van der Waals surface area (Å²) in [5.74, 6) is -0.969. The minimum atomic E-state index is -0.652. The topological polar surface area (TPSA) is 43.8 Å². The monoisotopic (exact) mass is 251 g/mol. The maximum atomic E-state index is 13.7. The maximum absolute atomic E-state index is 13.7. The Balaban J connectivity index is 2.32. The molecule has 1 aliphatic rings. The second-order valence-corrected chi connectivity index (χ2v) is 4.99. The van der Waals surface area contributed by atoms with Gasteiger partial charge in [0.05, 0.1) is 5.52 Å². The zero-order valence-corrected chi connectivity index (χ0v) is 10.2. The van der Waals surface area contributed by atoms with E-state index in [4.69, 9.17) is 5.73 Å². The lowest BCUT2D eigenvalue weighted by Crippen LogP contribution is -2.40. The molecule has 5 heteroatoms. The van der Waals surface area contributed by atoms with Gasteiger partial charge >= 0.3 is 0 Å². The molecule has 3 nitrogen and oxygen atoms in total. The van der Waals surface area contributed by atoms with Crippen LogP contribution in [0.25, 0.3) is 11.0 Å². The quantitative estimate of drug-likeness (QED) is 0.890. The Morgan fingerprint density at radius 1 is 1.39 bits per heavy atom. The molecule has 0 atom stereocenters. The highest BCUT2D eigenvalue weighted by Gasteiger charge is 2.39. The summed E-state index contributed by atoms with van der Waals surface area (Å²) in [6.07, 6.45) is 3.97. The number of rotatable bonds is 2. The van der Waals surface area contributed by atoms with E-state index in [-0.39, 0.29) is 17.0 Å². The molecule has 3 rings (SSSR count). The van der Waals surface area contributed by atoms with Gasteiger partial charge in [0.1, 0.15) is 11.3 Å². The first-order valence-corrected chi connectivity index (χ1v) is 6.21. The lowest BCUT2D eigenvalue weighted by Gasteiger charge is -2.43. The van der Waals surface area contributed by atoms with Gasteiger partial charge in [-0.25, -0.2) is 13.8 Å². The Morgan fingerprint density at radius 2 is 2.11 bits per heavy atom. The van der Waals surface area contributed by atoms with Crippen LogP contribution in [-0.2, 0) is 5.54 Å². The first-order valence-electron chi connectivity index (χ1n) is 6.21. The van der Waals surface area contributed by atoms with Crippen molar-refractivity contribution in [3.05, 3.63) is 23.8 Å². The number of fused-ring (bicyclic) bond motifs is 1. The Bertz CT molecular complexity index is 609. The third-order valence-electron chi connectivity index (χ3n) is 4.12. The van der Waals surface area contributed by atoms with Crippen molar-refractivity contribution in [2.75, 3.05) is 5.73 Å². The minimum Gasteiger partial charge on any atom is -0.369 e. The van der Waals surface area contributed by atoms with Crippen LogP contribution in [0.2, 0.25) is 0 Å². The molecule has 0 amide bonds. The van der Waals surface area contributed by atoms with Gasteiger partial charge in [-0.2, -0.15) is 0 Å². The van der Waals surface area contributed by atoms with Gasteiger partial charge in [-0.1, -0.05) is 6.92 Å². The number of benzene rings is 1. The van der Waals surface area contributed by atoms with Crippen molar-refractivity contribution in [3.8, 4) is 0 Å². The molecule has 0 saturated heterocycles. The summed E-state index contributed by atoms with van der Waals surface area (Å²) in [4.78, 5) is 4.05. The summed E-state index contributed by atoms with van der Waals surface area (Å²) >= 11 is 0. The van der Waals surface area contributed by atoms with Crippen molar-refractivity contribution in [1.82, 2.24) is 9.55 Å². The van der Waals surface area contributed by atoms with E-state index in [9.17, 15) is 8.78 Å². The molecule has 96 valence electrons. The normalized spacial score (nSPS) is 17.9. The third-order valence-corrected chi connectivity index (χ3v) is 4.12. The molecule has 1 fully saturated rings. The van der Waals surface area contributed by atoms with Crippen molar-refractivity contribution in [2.24, 2.45) is 0 Å². The fraction of sp³-hybridized carbons (Fsp3) is 0.462. The molecule has 2 N–H and O–H groups in total. The zero-order valence-electron chi connectivity index (χ0n) is 10.2. The lowest BCUT2D eigenvalue weighted by molar-refractivity contribution is 0.144. The highest BCUT2D eigenvalue weighted by molar-refractivity contribution is 5.79. The predicted molar refractivity (Wildman–Crippen MR) is 66.2 cm³/mol. The molecule has 1 saturated carbocycles. The van der Waals surface area contributed by atoms with Gasteiger partial charge in [-0.3, -0.25) is 0 Å². The number of anilines is 1. The van der Waals surface area contributed by atoms with Crippen molar-refractivity contribution >= 4 is 17.0 Å². The van der Waals surface area contributed by atoms with Crippen molar-refractivity contribution in [3.63, 3.8) is 0 Å². The van der Waals surface area contributed by atoms with E-state index in [0.29, 0.717) is 5.52 Å². The van der Waals surface area contributed by atoms with Crippen LogP contribution in [0, 0.1) is 11.6 Å². The summed E-state index contributed by atoms with van der Waals surface area (Å²) in [6, 6.07) is 2.16. The summed E-state index contributed by atoms with van der Waals surface area (Å²) in [6.45, 7) is 2.07. The Hall–Kier alpha value is -1.65. The van der Waals surface area contributed by atoms with Crippen LogP contribution in [0.1, 0.15) is 32.6 Å². The average Bonchev–Trinajstić information content (AvgIpc) is 2.57. The first kappa shape index (κ1) is 11.4. The zero-order chi connectivity index (χ0) is 12.9. The van der Waals surface area contributed by atoms with Gasteiger partial charge in [0.15, 0.2) is 5.82 Å². The van der Waals surface area contributed by atoms with Gasteiger partial charge in [0.25, 0.3) is 0 Å². The summed E-state index contributed by atoms with van der Waals surface area (Å²) in [7, 11) is 0. The third kappa shape index (κ3) is 1.36. The van der Waals surface area contributed by atoms with E-state index >= 15 is 0 Å². The molecule has 0 bridgehead atoms. The number of aromatic nitrogens is 2. The summed E-state index contributed by atoms with van der Waals surface area (Å²) in [5.41, 5.74) is 6.42. The van der Waals surface area contributed by atoms with Crippen LogP contribution >= 0.6 is 0 Å². The Morgan fingerprint density at radius 3 is 2.67 bits per heavy atom. The number of nitrogens with two attached hydrogens (primary N) is 1. The number of hydrogen-bond acceptors (Lipinski definition) is 2. The molecular weight excluding hydrogens is 236 g/mol. The van der Waals surface area contributed by atoms with E-state index in [1.165, 1.54) is 6.07 Å². The van der Waals surface area contributed by atoms with Crippen molar-refractivity contribution in [1.29, 1.82) is 0 Å². The van der Waals surface area contributed by atoms with Gasteiger partial charge in [-0.15, -0.1) is 0 Å². The van der Waals surface area contributed by atoms with E-state index in [2.05, 4.69) is 11.9 Å². The fourth-order valence-corrected chi connectivity index (χ4v) is 2.94. The highest BCUT2D eigenvalue weighted by Crippen LogP contribution is 2.45. The van der Waals surface area contributed by atoms with Gasteiger partial charge in [-0.05, 0) is 25.7 Å². The van der Waals surface area contributed by atoms with Crippen LogP contribution in [0.3, 0.4) is 0 Å². The van der Waals surface area contributed by atoms with Crippen molar-refractivity contribution < 1.29 is 8.78 Å². The molecule has 18 heavy (non-hydrogen) atoms. The summed E-state index contributed by atoms with van der Waals surface area (Å²) < 4.78 is 28.9. The van der Waals surface area contributed by atoms with E-state index < -0.39 is 11.6 Å². The molecule has 1 aliphatic carbocycles. The van der Waals surface area contributed by atoms with Gasteiger partial charge < -0.3 is 10.3 Å². The SMILES string of the molecule is CCC1(n2c(N)nc3c(F)cc(F)cc32)CCC1. The molecule has 0 spiro atoms. The maximum Gasteiger partial charge on any atom is 0.201 e. The lowest BCUT2D eigenvalue weighted by atomic mass is 9.74. The Kier molecular flexibility index (Phi) is 2.33. The molecule has 1 heterocycles. The average molecular weight is 251 g/mol.